The van der Waals surface area contributed by atoms with Crippen molar-refractivity contribution in [2.45, 2.75) is 24.3 Å². The lowest BCUT2D eigenvalue weighted by Gasteiger charge is -2.32. The fraction of sp³-hybridized carbons (Fsp3) is 0.600. The maximum absolute atomic E-state index is 12.7. The molecule has 1 unspecified atom stereocenters. The van der Waals surface area contributed by atoms with E-state index in [1.54, 1.807) is 16.4 Å². The van der Waals surface area contributed by atoms with Crippen molar-refractivity contribution >= 4 is 10.0 Å². The third-order valence-corrected chi connectivity index (χ3v) is 6.28. The summed E-state index contributed by atoms with van der Waals surface area (Å²) in [6, 6.07) is 7.55. The van der Waals surface area contributed by atoms with E-state index in [0.717, 1.165) is 38.2 Å². The van der Waals surface area contributed by atoms with E-state index in [4.69, 9.17) is 0 Å². The Morgan fingerprint density at radius 2 is 1.95 bits per heavy atom. The predicted molar refractivity (Wildman–Crippen MR) is 82.8 cm³/mol. The molecule has 3 rings (SSSR count). The Morgan fingerprint density at radius 1 is 1.19 bits per heavy atom. The molecule has 0 aliphatic carbocycles. The number of nitrogens with one attached hydrogen (secondary N) is 1. The van der Waals surface area contributed by atoms with Crippen LogP contribution in [0.3, 0.4) is 0 Å². The Hall–Kier alpha value is -0.950. The third kappa shape index (κ3) is 3.13. The number of aryl methyl sites for hydroxylation is 1. The van der Waals surface area contributed by atoms with E-state index in [1.807, 2.05) is 19.1 Å². The van der Waals surface area contributed by atoms with Crippen LogP contribution < -0.4 is 5.32 Å². The number of sulfonamides is 1. The van der Waals surface area contributed by atoms with Crippen molar-refractivity contribution in [2.75, 3.05) is 39.3 Å². The van der Waals surface area contributed by atoms with Gasteiger partial charge in [-0.2, -0.15) is 4.31 Å². The first-order chi connectivity index (χ1) is 10.1. The van der Waals surface area contributed by atoms with Crippen LogP contribution in [0.25, 0.3) is 0 Å². The van der Waals surface area contributed by atoms with Gasteiger partial charge in [-0.25, -0.2) is 8.42 Å². The summed E-state index contributed by atoms with van der Waals surface area (Å²) in [5.41, 5.74) is 0.980. The lowest BCUT2D eigenvalue weighted by atomic mass is 10.2. The highest BCUT2D eigenvalue weighted by atomic mass is 32.2. The highest BCUT2D eigenvalue weighted by molar-refractivity contribution is 7.89. The molecule has 2 heterocycles. The van der Waals surface area contributed by atoms with Gasteiger partial charge < -0.3 is 5.32 Å². The predicted octanol–water partition coefficient (Wildman–Crippen LogP) is 0.663. The lowest BCUT2D eigenvalue weighted by Crippen LogP contribution is -2.49. The topological polar surface area (TPSA) is 52.7 Å². The van der Waals surface area contributed by atoms with Crippen molar-refractivity contribution in [1.82, 2.24) is 14.5 Å². The number of benzene rings is 1. The average molecular weight is 309 g/mol. The zero-order valence-electron chi connectivity index (χ0n) is 12.5. The van der Waals surface area contributed by atoms with Crippen molar-refractivity contribution in [3.8, 4) is 0 Å². The maximum Gasteiger partial charge on any atom is 0.243 e. The molecule has 2 aliphatic rings. The molecule has 1 aromatic rings. The van der Waals surface area contributed by atoms with Crippen LogP contribution in [0.1, 0.15) is 12.0 Å². The molecule has 1 aromatic carbocycles. The molecule has 1 atom stereocenters. The normalized spacial score (nSPS) is 25.3. The average Bonchev–Trinajstić information content (AvgIpc) is 2.99. The number of nitrogens with zero attached hydrogens (tertiary/aromatic N) is 2. The highest BCUT2D eigenvalue weighted by Gasteiger charge is 2.35. The SMILES string of the molecule is Cc1cccc(S(=O)(=O)N2CCC(N3CCNCC3)C2)c1. The number of piperazine rings is 1. The number of hydrogen-bond donors (Lipinski definition) is 1. The van der Waals surface area contributed by atoms with E-state index in [9.17, 15) is 8.42 Å². The summed E-state index contributed by atoms with van der Waals surface area (Å²) in [4.78, 5) is 2.84. The molecule has 2 aliphatic heterocycles. The molecule has 2 fully saturated rings. The number of rotatable bonds is 3. The first-order valence-electron chi connectivity index (χ1n) is 7.59. The van der Waals surface area contributed by atoms with E-state index >= 15 is 0 Å². The molecular formula is C15H23N3O2S. The van der Waals surface area contributed by atoms with Gasteiger partial charge >= 0.3 is 0 Å². The summed E-state index contributed by atoms with van der Waals surface area (Å²) in [7, 11) is -3.34. The van der Waals surface area contributed by atoms with Crippen LogP contribution in [-0.4, -0.2) is 62.9 Å². The molecule has 0 aromatic heterocycles. The van der Waals surface area contributed by atoms with Crippen molar-refractivity contribution < 1.29 is 8.42 Å². The van der Waals surface area contributed by atoms with Gasteiger partial charge in [-0.1, -0.05) is 12.1 Å². The van der Waals surface area contributed by atoms with E-state index in [-0.39, 0.29) is 0 Å². The molecule has 6 heteroatoms. The highest BCUT2D eigenvalue weighted by Crippen LogP contribution is 2.24. The molecule has 1 N–H and O–H groups in total. The first-order valence-corrected chi connectivity index (χ1v) is 9.03. The van der Waals surface area contributed by atoms with Gasteiger partial charge in [-0.05, 0) is 31.0 Å². The minimum absolute atomic E-state index is 0.367. The summed E-state index contributed by atoms with van der Waals surface area (Å²) in [5.74, 6) is 0. The van der Waals surface area contributed by atoms with Gasteiger partial charge in [-0.15, -0.1) is 0 Å². The van der Waals surface area contributed by atoms with Crippen LogP contribution in [0.4, 0.5) is 0 Å². The Bertz CT molecular complexity index is 597. The van der Waals surface area contributed by atoms with Crippen LogP contribution in [0.5, 0.6) is 0 Å². The summed E-state index contributed by atoms with van der Waals surface area (Å²) < 4.78 is 27.1. The van der Waals surface area contributed by atoms with E-state index in [1.165, 1.54) is 0 Å². The monoisotopic (exact) mass is 309 g/mol. The maximum atomic E-state index is 12.7. The fourth-order valence-electron chi connectivity index (χ4n) is 3.20. The minimum atomic E-state index is -3.34. The molecule has 0 saturated carbocycles. The molecule has 0 bridgehead atoms. The Kier molecular flexibility index (Phi) is 4.31. The van der Waals surface area contributed by atoms with Gasteiger partial charge in [0.05, 0.1) is 4.90 Å². The Morgan fingerprint density at radius 3 is 2.67 bits per heavy atom. The largest absolute Gasteiger partial charge is 0.314 e. The molecule has 0 spiro atoms. The molecule has 0 radical (unpaired) electrons. The van der Waals surface area contributed by atoms with Crippen LogP contribution in [0, 0.1) is 6.92 Å². The lowest BCUT2D eigenvalue weighted by molar-refractivity contribution is 0.179. The van der Waals surface area contributed by atoms with Gasteiger partial charge in [-0.3, -0.25) is 4.90 Å². The Labute approximate surface area is 127 Å². The third-order valence-electron chi connectivity index (χ3n) is 4.42. The first kappa shape index (κ1) is 15.0. The minimum Gasteiger partial charge on any atom is -0.314 e. The van der Waals surface area contributed by atoms with Gasteiger partial charge in [0.2, 0.25) is 10.0 Å². The summed E-state index contributed by atoms with van der Waals surface area (Å²) in [6.45, 7) is 7.21. The second kappa shape index (κ2) is 6.04. The second-order valence-electron chi connectivity index (χ2n) is 5.91. The summed E-state index contributed by atoms with van der Waals surface area (Å²) in [6.07, 6.45) is 0.936. The molecule has 5 nitrogen and oxygen atoms in total. The molecular weight excluding hydrogens is 286 g/mol. The van der Waals surface area contributed by atoms with Gasteiger partial charge in [0.15, 0.2) is 0 Å². The van der Waals surface area contributed by atoms with Crippen molar-refractivity contribution in [2.24, 2.45) is 0 Å². The molecule has 2 saturated heterocycles. The summed E-state index contributed by atoms with van der Waals surface area (Å²) >= 11 is 0. The second-order valence-corrected chi connectivity index (χ2v) is 7.85. The fourth-order valence-corrected chi connectivity index (χ4v) is 4.80. The van der Waals surface area contributed by atoms with Gasteiger partial charge in [0, 0.05) is 45.3 Å². The number of hydrogen-bond acceptors (Lipinski definition) is 4. The van der Waals surface area contributed by atoms with E-state index < -0.39 is 10.0 Å². The quantitative estimate of drug-likeness (QED) is 0.891. The van der Waals surface area contributed by atoms with Gasteiger partial charge in [0.25, 0.3) is 0 Å². The van der Waals surface area contributed by atoms with Crippen molar-refractivity contribution in [1.29, 1.82) is 0 Å². The molecule has 21 heavy (non-hydrogen) atoms. The zero-order chi connectivity index (χ0) is 14.9. The van der Waals surface area contributed by atoms with Crippen molar-refractivity contribution in [3.05, 3.63) is 29.8 Å². The van der Waals surface area contributed by atoms with Crippen LogP contribution in [0.2, 0.25) is 0 Å². The van der Waals surface area contributed by atoms with E-state index in [0.29, 0.717) is 24.0 Å². The van der Waals surface area contributed by atoms with Gasteiger partial charge in [0.1, 0.15) is 0 Å². The smallest absolute Gasteiger partial charge is 0.243 e. The van der Waals surface area contributed by atoms with Crippen LogP contribution in [-0.2, 0) is 10.0 Å². The zero-order valence-corrected chi connectivity index (χ0v) is 13.3. The van der Waals surface area contributed by atoms with E-state index in [2.05, 4.69) is 10.2 Å². The Balaban J connectivity index is 1.72. The standard InChI is InChI=1S/C15H23N3O2S/c1-13-3-2-4-15(11-13)21(19,20)18-8-5-14(12-18)17-9-6-16-7-10-17/h2-4,11,14,16H,5-10,12H2,1H3. The van der Waals surface area contributed by atoms with Crippen molar-refractivity contribution in [3.63, 3.8) is 0 Å². The molecule has 0 amide bonds. The summed E-state index contributed by atoms with van der Waals surface area (Å²) in [5, 5.41) is 3.34. The van der Waals surface area contributed by atoms with Crippen LogP contribution >= 0.6 is 0 Å². The molecule has 116 valence electrons. The van der Waals surface area contributed by atoms with Crippen LogP contribution in [0.15, 0.2) is 29.2 Å².